The monoisotopic (exact) mass is 227 g/mol. The molecule has 3 heteroatoms. The van der Waals surface area contributed by atoms with Crippen molar-refractivity contribution in [3.05, 3.63) is 53.9 Å². The third-order valence-corrected chi connectivity index (χ3v) is 3.46. The lowest BCUT2D eigenvalue weighted by Gasteiger charge is -2.33. The van der Waals surface area contributed by atoms with E-state index in [9.17, 15) is 0 Å². The molecule has 1 aromatic carbocycles. The predicted octanol–water partition coefficient (Wildman–Crippen LogP) is 2.29. The van der Waals surface area contributed by atoms with Gasteiger partial charge in [-0.15, -0.1) is 0 Å². The van der Waals surface area contributed by atoms with Crippen molar-refractivity contribution in [1.82, 2.24) is 14.7 Å². The fourth-order valence-electron chi connectivity index (χ4n) is 2.42. The van der Waals surface area contributed by atoms with Gasteiger partial charge >= 0.3 is 0 Å². The van der Waals surface area contributed by atoms with Gasteiger partial charge in [0.2, 0.25) is 0 Å². The molecule has 1 aliphatic rings. The molecule has 0 unspecified atom stereocenters. The van der Waals surface area contributed by atoms with Gasteiger partial charge in [-0.3, -0.25) is 9.58 Å². The maximum Gasteiger partial charge on any atom is 0.0566 e. The first-order valence-corrected chi connectivity index (χ1v) is 6.11. The van der Waals surface area contributed by atoms with E-state index in [0.717, 1.165) is 19.6 Å². The summed E-state index contributed by atoms with van der Waals surface area (Å²) in [6, 6.07) is 13.3. The second kappa shape index (κ2) is 4.34. The molecule has 0 spiro atoms. The van der Waals surface area contributed by atoms with Gasteiger partial charge in [-0.05, 0) is 18.6 Å². The Balaban J connectivity index is 1.77. The third-order valence-electron chi connectivity index (χ3n) is 3.46. The van der Waals surface area contributed by atoms with E-state index in [-0.39, 0.29) is 0 Å². The van der Waals surface area contributed by atoms with E-state index in [4.69, 9.17) is 0 Å². The van der Waals surface area contributed by atoms with Crippen LogP contribution in [-0.2, 0) is 19.6 Å². The number of fused-ring (bicyclic) bond motifs is 1. The van der Waals surface area contributed by atoms with Crippen LogP contribution in [-0.4, -0.2) is 20.7 Å². The maximum atomic E-state index is 4.34. The molecule has 2 heterocycles. The van der Waals surface area contributed by atoms with Crippen LogP contribution in [0.1, 0.15) is 18.2 Å². The highest BCUT2D eigenvalue weighted by Gasteiger charge is 2.22. The number of nitrogens with zero attached hydrogens (tertiary/aromatic N) is 3. The second-order valence-corrected chi connectivity index (χ2v) is 4.74. The highest BCUT2D eigenvalue weighted by atomic mass is 15.3. The van der Waals surface area contributed by atoms with Crippen LogP contribution in [0.5, 0.6) is 0 Å². The lowest BCUT2D eigenvalue weighted by Crippen LogP contribution is -2.40. The molecular formula is C14H17N3. The van der Waals surface area contributed by atoms with Crippen LogP contribution in [0.15, 0.2) is 42.6 Å². The van der Waals surface area contributed by atoms with Crippen LogP contribution >= 0.6 is 0 Å². The molecule has 2 aromatic rings. The van der Waals surface area contributed by atoms with Crippen LogP contribution < -0.4 is 0 Å². The number of hydrogen-bond acceptors (Lipinski definition) is 2. The predicted molar refractivity (Wildman–Crippen MR) is 67.4 cm³/mol. The fourth-order valence-corrected chi connectivity index (χ4v) is 2.42. The van der Waals surface area contributed by atoms with E-state index in [1.807, 2.05) is 6.20 Å². The van der Waals surface area contributed by atoms with Gasteiger partial charge in [0.1, 0.15) is 0 Å². The Hall–Kier alpha value is -1.61. The van der Waals surface area contributed by atoms with Gasteiger partial charge < -0.3 is 0 Å². The zero-order valence-corrected chi connectivity index (χ0v) is 10.1. The van der Waals surface area contributed by atoms with Gasteiger partial charge in [-0.1, -0.05) is 30.3 Å². The van der Waals surface area contributed by atoms with E-state index in [1.54, 1.807) is 0 Å². The van der Waals surface area contributed by atoms with E-state index in [1.165, 1.54) is 11.3 Å². The van der Waals surface area contributed by atoms with Crippen LogP contribution in [0.3, 0.4) is 0 Å². The highest BCUT2D eigenvalue weighted by molar-refractivity contribution is 5.15. The summed E-state index contributed by atoms with van der Waals surface area (Å²) in [6.45, 7) is 5.28. The second-order valence-electron chi connectivity index (χ2n) is 4.74. The van der Waals surface area contributed by atoms with E-state index in [0.29, 0.717) is 6.04 Å². The number of benzene rings is 1. The Bertz CT molecular complexity index is 489. The largest absolute Gasteiger partial charge is 0.289 e. The minimum Gasteiger partial charge on any atom is -0.289 e. The first-order valence-electron chi connectivity index (χ1n) is 6.11. The van der Waals surface area contributed by atoms with Gasteiger partial charge in [-0.2, -0.15) is 5.10 Å². The molecule has 88 valence electrons. The summed E-state index contributed by atoms with van der Waals surface area (Å²) in [4.78, 5) is 2.51. The summed E-state index contributed by atoms with van der Waals surface area (Å²) in [5.41, 5.74) is 2.70. The highest BCUT2D eigenvalue weighted by Crippen LogP contribution is 2.18. The SMILES string of the molecule is C[C@H]1Cn2nccc2CN1Cc1ccccc1. The molecule has 17 heavy (non-hydrogen) atoms. The minimum absolute atomic E-state index is 0.544. The van der Waals surface area contributed by atoms with Gasteiger partial charge in [0.05, 0.1) is 12.2 Å². The van der Waals surface area contributed by atoms with Crippen molar-refractivity contribution in [2.24, 2.45) is 0 Å². The van der Waals surface area contributed by atoms with E-state index in [2.05, 4.69) is 58.0 Å². The van der Waals surface area contributed by atoms with Gasteiger partial charge in [-0.25, -0.2) is 0 Å². The first-order chi connectivity index (χ1) is 8.33. The van der Waals surface area contributed by atoms with Gasteiger partial charge in [0.15, 0.2) is 0 Å². The first kappa shape index (κ1) is 10.5. The Labute approximate surface area is 102 Å². The van der Waals surface area contributed by atoms with Crippen LogP contribution in [0, 0.1) is 0 Å². The Morgan fingerprint density at radius 2 is 2.06 bits per heavy atom. The smallest absolute Gasteiger partial charge is 0.0566 e. The lowest BCUT2D eigenvalue weighted by atomic mass is 10.1. The molecule has 0 amide bonds. The molecule has 1 aliphatic heterocycles. The molecule has 0 fully saturated rings. The molecule has 0 saturated carbocycles. The standard InChI is InChI=1S/C14H17N3/c1-12-9-17-14(7-8-15-17)11-16(12)10-13-5-3-2-4-6-13/h2-8,12H,9-11H2,1H3/t12-/m0/s1. The molecular weight excluding hydrogens is 210 g/mol. The van der Waals surface area contributed by atoms with Crippen molar-refractivity contribution in [2.45, 2.75) is 32.6 Å². The molecule has 0 saturated heterocycles. The maximum absolute atomic E-state index is 4.34. The van der Waals surface area contributed by atoms with Crippen molar-refractivity contribution in [3.63, 3.8) is 0 Å². The molecule has 0 N–H and O–H groups in total. The Kier molecular flexibility index (Phi) is 2.69. The minimum atomic E-state index is 0.544. The number of rotatable bonds is 2. The average Bonchev–Trinajstić information content (AvgIpc) is 2.78. The van der Waals surface area contributed by atoms with Crippen LogP contribution in [0.2, 0.25) is 0 Å². The van der Waals surface area contributed by atoms with Crippen molar-refractivity contribution in [3.8, 4) is 0 Å². The van der Waals surface area contributed by atoms with E-state index < -0.39 is 0 Å². The molecule has 3 rings (SSSR count). The molecule has 1 aromatic heterocycles. The zero-order valence-electron chi connectivity index (χ0n) is 10.1. The zero-order chi connectivity index (χ0) is 11.7. The normalized spacial score (nSPS) is 20.2. The number of hydrogen-bond donors (Lipinski definition) is 0. The summed E-state index contributed by atoms with van der Waals surface area (Å²) < 4.78 is 2.12. The molecule has 0 radical (unpaired) electrons. The Morgan fingerprint density at radius 3 is 2.88 bits per heavy atom. The van der Waals surface area contributed by atoms with Crippen molar-refractivity contribution in [1.29, 1.82) is 0 Å². The van der Waals surface area contributed by atoms with E-state index >= 15 is 0 Å². The molecule has 0 aliphatic carbocycles. The molecule has 1 atom stereocenters. The fraction of sp³-hybridized carbons (Fsp3) is 0.357. The average molecular weight is 227 g/mol. The topological polar surface area (TPSA) is 21.1 Å². The molecule has 3 nitrogen and oxygen atoms in total. The lowest BCUT2D eigenvalue weighted by molar-refractivity contribution is 0.137. The summed E-state index contributed by atoms with van der Waals surface area (Å²) in [5, 5.41) is 4.34. The number of aromatic nitrogens is 2. The van der Waals surface area contributed by atoms with Gasteiger partial charge in [0.25, 0.3) is 0 Å². The van der Waals surface area contributed by atoms with Crippen molar-refractivity contribution < 1.29 is 0 Å². The third kappa shape index (κ3) is 2.11. The van der Waals surface area contributed by atoms with Crippen LogP contribution in [0.25, 0.3) is 0 Å². The summed E-state index contributed by atoms with van der Waals surface area (Å²) in [7, 11) is 0. The van der Waals surface area contributed by atoms with Crippen molar-refractivity contribution >= 4 is 0 Å². The van der Waals surface area contributed by atoms with Gasteiger partial charge in [0, 0.05) is 25.3 Å². The summed E-state index contributed by atoms with van der Waals surface area (Å²) in [6.07, 6.45) is 1.90. The van der Waals surface area contributed by atoms with Crippen LogP contribution in [0.4, 0.5) is 0 Å². The Morgan fingerprint density at radius 1 is 1.24 bits per heavy atom. The quantitative estimate of drug-likeness (QED) is 0.785. The molecule has 0 bridgehead atoms. The summed E-state index contributed by atoms with van der Waals surface area (Å²) >= 11 is 0. The summed E-state index contributed by atoms with van der Waals surface area (Å²) in [5.74, 6) is 0. The van der Waals surface area contributed by atoms with Crippen molar-refractivity contribution in [2.75, 3.05) is 0 Å².